The Kier molecular flexibility index (Phi) is 3.13. The van der Waals surface area contributed by atoms with Gasteiger partial charge in [0.15, 0.2) is 0 Å². The van der Waals surface area contributed by atoms with Crippen molar-refractivity contribution < 1.29 is 4.79 Å². The lowest BCUT2D eigenvalue weighted by molar-refractivity contribution is -0.128. The van der Waals surface area contributed by atoms with E-state index in [2.05, 4.69) is 21.9 Å². The zero-order valence-electron chi connectivity index (χ0n) is 8.07. The first-order valence-corrected chi connectivity index (χ1v) is 6.33. The minimum absolute atomic E-state index is 0.0925. The van der Waals surface area contributed by atoms with E-state index >= 15 is 0 Å². The van der Waals surface area contributed by atoms with Crippen LogP contribution in [0.15, 0.2) is 15.2 Å². The Bertz CT molecular complexity index is 420. The van der Waals surface area contributed by atoms with Gasteiger partial charge in [-0.3, -0.25) is 4.79 Å². The summed E-state index contributed by atoms with van der Waals surface area (Å²) < 4.78 is 1.10. The topological polar surface area (TPSA) is 20.3 Å². The second-order valence-corrected chi connectivity index (χ2v) is 5.80. The molecule has 0 radical (unpaired) electrons. The van der Waals surface area contributed by atoms with Crippen LogP contribution in [-0.4, -0.2) is 17.4 Å². The van der Waals surface area contributed by atoms with Crippen molar-refractivity contribution in [2.75, 3.05) is 6.54 Å². The fraction of sp³-hybridized carbons (Fsp3) is 0.364. The van der Waals surface area contributed by atoms with Gasteiger partial charge < -0.3 is 4.90 Å². The number of thiophene rings is 1. The molecule has 0 saturated carbocycles. The highest BCUT2D eigenvalue weighted by molar-refractivity contribution is 9.11. The lowest BCUT2D eigenvalue weighted by Gasteiger charge is -2.14. The van der Waals surface area contributed by atoms with E-state index in [9.17, 15) is 4.79 Å². The standard InChI is InChI=1S/C11H10BrNOS/c1-2-8-5-10(14)13(6-8)7-9-3-4-15-11(9)12/h1,3-4,8H,5-7H2. The average molecular weight is 284 g/mol. The Morgan fingerprint density at radius 1 is 1.73 bits per heavy atom. The second kappa shape index (κ2) is 4.38. The molecule has 0 spiro atoms. The van der Waals surface area contributed by atoms with Crippen LogP contribution >= 0.6 is 27.3 Å². The van der Waals surface area contributed by atoms with Crippen molar-refractivity contribution in [1.82, 2.24) is 4.90 Å². The average Bonchev–Trinajstić information content (AvgIpc) is 2.76. The highest BCUT2D eigenvalue weighted by Crippen LogP contribution is 2.27. The molecular weight excluding hydrogens is 274 g/mol. The molecule has 1 amide bonds. The number of hydrogen-bond acceptors (Lipinski definition) is 2. The van der Waals surface area contributed by atoms with Crippen molar-refractivity contribution in [1.29, 1.82) is 0 Å². The van der Waals surface area contributed by atoms with Gasteiger partial charge in [0.25, 0.3) is 0 Å². The summed E-state index contributed by atoms with van der Waals surface area (Å²) in [6.07, 6.45) is 5.82. The SMILES string of the molecule is C#CC1CC(=O)N(Cc2ccsc2Br)C1. The van der Waals surface area contributed by atoms with Gasteiger partial charge >= 0.3 is 0 Å². The molecule has 1 unspecified atom stereocenters. The Balaban J connectivity index is 2.05. The van der Waals surface area contributed by atoms with Gasteiger partial charge in [0.2, 0.25) is 5.91 Å². The summed E-state index contributed by atoms with van der Waals surface area (Å²) in [5.74, 6) is 2.90. The number of hydrogen-bond donors (Lipinski definition) is 0. The normalized spacial score (nSPS) is 20.7. The molecule has 0 bridgehead atoms. The third-order valence-corrected chi connectivity index (χ3v) is 4.32. The van der Waals surface area contributed by atoms with Gasteiger partial charge in [-0.05, 0) is 32.9 Å². The van der Waals surface area contributed by atoms with Crippen LogP contribution in [0.5, 0.6) is 0 Å². The van der Waals surface area contributed by atoms with Gasteiger partial charge in [0.05, 0.1) is 3.79 Å². The summed E-state index contributed by atoms with van der Waals surface area (Å²) in [4.78, 5) is 13.4. The van der Waals surface area contributed by atoms with E-state index in [4.69, 9.17) is 6.42 Å². The first-order valence-electron chi connectivity index (χ1n) is 4.66. The molecule has 2 nitrogen and oxygen atoms in total. The maximum absolute atomic E-state index is 11.6. The molecule has 1 fully saturated rings. The molecule has 1 atom stereocenters. The van der Waals surface area contributed by atoms with Crippen LogP contribution in [0, 0.1) is 18.3 Å². The third kappa shape index (κ3) is 2.24. The van der Waals surface area contributed by atoms with Gasteiger partial charge in [-0.25, -0.2) is 0 Å². The highest BCUT2D eigenvalue weighted by Gasteiger charge is 2.28. The lowest BCUT2D eigenvalue weighted by atomic mass is 10.1. The molecule has 4 heteroatoms. The van der Waals surface area contributed by atoms with Crippen molar-refractivity contribution in [2.45, 2.75) is 13.0 Å². The number of amides is 1. The van der Waals surface area contributed by atoms with E-state index in [1.54, 1.807) is 11.3 Å². The minimum atomic E-state index is 0.0925. The van der Waals surface area contributed by atoms with Gasteiger partial charge in [0, 0.05) is 25.4 Å². The van der Waals surface area contributed by atoms with Crippen LogP contribution in [0.25, 0.3) is 0 Å². The lowest BCUT2D eigenvalue weighted by Crippen LogP contribution is -2.24. The molecule has 1 aliphatic heterocycles. The molecule has 0 N–H and O–H groups in total. The summed E-state index contributed by atoms with van der Waals surface area (Å²) in [6.45, 7) is 1.36. The molecule has 1 aromatic rings. The molecule has 15 heavy (non-hydrogen) atoms. The number of terminal acetylenes is 1. The first-order chi connectivity index (χ1) is 7.20. The molecule has 1 saturated heterocycles. The number of carbonyl (C=O) groups is 1. The summed E-state index contributed by atoms with van der Waals surface area (Å²) in [7, 11) is 0. The fourth-order valence-corrected chi connectivity index (χ4v) is 2.89. The number of rotatable bonds is 2. The first kappa shape index (κ1) is 10.7. The third-order valence-electron chi connectivity index (χ3n) is 2.50. The van der Waals surface area contributed by atoms with Crippen molar-refractivity contribution in [3.05, 3.63) is 20.8 Å². The number of likely N-dealkylation sites (tertiary alicyclic amines) is 1. The quantitative estimate of drug-likeness (QED) is 0.764. The zero-order chi connectivity index (χ0) is 10.8. The highest BCUT2D eigenvalue weighted by atomic mass is 79.9. The maximum atomic E-state index is 11.6. The van der Waals surface area contributed by atoms with Gasteiger partial charge in [-0.2, -0.15) is 0 Å². The van der Waals surface area contributed by atoms with Gasteiger partial charge in [-0.15, -0.1) is 23.7 Å². The van der Waals surface area contributed by atoms with Crippen LogP contribution in [0.2, 0.25) is 0 Å². The Labute approximate surface area is 101 Å². The Morgan fingerprint density at radius 3 is 3.07 bits per heavy atom. The largest absolute Gasteiger partial charge is 0.337 e. The molecule has 2 heterocycles. The van der Waals surface area contributed by atoms with E-state index in [1.807, 2.05) is 16.3 Å². The molecule has 2 rings (SSSR count). The zero-order valence-corrected chi connectivity index (χ0v) is 10.5. The van der Waals surface area contributed by atoms with E-state index in [1.165, 1.54) is 0 Å². The summed E-state index contributed by atoms with van der Waals surface area (Å²) >= 11 is 5.10. The summed E-state index contributed by atoms with van der Waals surface area (Å²) in [5.41, 5.74) is 1.16. The van der Waals surface area contributed by atoms with Gasteiger partial charge in [-0.1, -0.05) is 0 Å². The smallest absolute Gasteiger partial charge is 0.224 e. The molecule has 1 aromatic heterocycles. The van der Waals surface area contributed by atoms with Gasteiger partial charge in [0.1, 0.15) is 0 Å². The van der Waals surface area contributed by atoms with Crippen LogP contribution in [-0.2, 0) is 11.3 Å². The van der Waals surface area contributed by atoms with E-state index < -0.39 is 0 Å². The van der Waals surface area contributed by atoms with Crippen molar-refractivity contribution in [3.63, 3.8) is 0 Å². The maximum Gasteiger partial charge on any atom is 0.224 e. The number of nitrogens with zero attached hydrogens (tertiary/aromatic N) is 1. The van der Waals surface area contributed by atoms with Crippen LogP contribution < -0.4 is 0 Å². The Hall–Kier alpha value is -0.790. The van der Waals surface area contributed by atoms with E-state index in [-0.39, 0.29) is 11.8 Å². The van der Waals surface area contributed by atoms with E-state index in [0.717, 1.165) is 9.35 Å². The number of carbonyl (C=O) groups excluding carboxylic acids is 1. The predicted molar refractivity (Wildman–Crippen MR) is 64.4 cm³/mol. The van der Waals surface area contributed by atoms with Crippen LogP contribution in [0.4, 0.5) is 0 Å². The second-order valence-electron chi connectivity index (χ2n) is 3.56. The molecule has 1 aliphatic rings. The molecule has 0 aliphatic carbocycles. The van der Waals surface area contributed by atoms with E-state index in [0.29, 0.717) is 19.5 Å². The molecular formula is C11H10BrNOS. The molecule has 0 aromatic carbocycles. The van der Waals surface area contributed by atoms with Crippen molar-refractivity contribution in [3.8, 4) is 12.3 Å². The van der Waals surface area contributed by atoms with Crippen molar-refractivity contribution >= 4 is 33.2 Å². The predicted octanol–water partition coefficient (Wildman–Crippen LogP) is 2.49. The van der Waals surface area contributed by atoms with Crippen molar-refractivity contribution in [2.24, 2.45) is 5.92 Å². The minimum Gasteiger partial charge on any atom is -0.337 e. The molecule has 78 valence electrons. The Morgan fingerprint density at radius 2 is 2.53 bits per heavy atom. The number of halogens is 1. The van der Waals surface area contributed by atoms with Crippen LogP contribution in [0.3, 0.4) is 0 Å². The fourth-order valence-electron chi connectivity index (χ4n) is 1.67. The summed E-state index contributed by atoms with van der Waals surface area (Å²) in [5, 5.41) is 2.01. The monoisotopic (exact) mass is 283 g/mol. The summed E-state index contributed by atoms with van der Waals surface area (Å²) in [6, 6.07) is 2.03. The van der Waals surface area contributed by atoms with Crippen LogP contribution in [0.1, 0.15) is 12.0 Å².